The fraction of sp³-hybridized carbons (Fsp3) is 0.429. The van der Waals surface area contributed by atoms with Crippen LogP contribution in [0, 0.1) is 0 Å². The molecule has 0 radical (unpaired) electrons. The van der Waals surface area contributed by atoms with E-state index in [1.165, 1.54) is 16.4 Å². The molecule has 0 bridgehead atoms. The summed E-state index contributed by atoms with van der Waals surface area (Å²) in [4.78, 5) is 23.2. The number of amides is 1. The molecule has 1 fully saturated rings. The smallest absolute Gasteiger partial charge is 0.338 e. The standard InChI is InChI=1S/C14H16N2O5S/c1-9-6-13(17)15-4-5-16(9)22(19,20)11-3-2-10-8-21-14(18)12(10)7-11/h2-3,7,9H,4-6,8H2,1H3,(H,15,17). The van der Waals surface area contributed by atoms with Gasteiger partial charge in [0, 0.05) is 31.1 Å². The Bertz CT molecular complexity index is 744. The lowest BCUT2D eigenvalue weighted by Crippen LogP contribution is -2.39. The van der Waals surface area contributed by atoms with Gasteiger partial charge in [-0.3, -0.25) is 4.79 Å². The third-order valence-electron chi connectivity index (χ3n) is 3.89. The Morgan fingerprint density at radius 2 is 2.09 bits per heavy atom. The number of esters is 1. The van der Waals surface area contributed by atoms with E-state index in [-0.39, 0.29) is 42.5 Å². The van der Waals surface area contributed by atoms with Gasteiger partial charge in [0.2, 0.25) is 15.9 Å². The summed E-state index contributed by atoms with van der Waals surface area (Å²) in [5.41, 5.74) is 0.975. The van der Waals surface area contributed by atoms with Gasteiger partial charge in [0.25, 0.3) is 0 Å². The number of nitrogens with zero attached hydrogens (tertiary/aromatic N) is 1. The SMILES string of the molecule is CC1CC(=O)NCCN1S(=O)(=O)c1ccc2c(c1)C(=O)OC2. The lowest BCUT2D eigenvalue weighted by Gasteiger charge is -2.25. The zero-order valence-electron chi connectivity index (χ0n) is 12.0. The van der Waals surface area contributed by atoms with Crippen LogP contribution in [0.25, 0.3) is 0 Å². The van der Waals surface area contributed by atoms with Gasteiger partial charge in [-0.25, -0.2) is 13.2 Å². The monoisotopic (exact) mass is 324 g/mol. The van der Waals surface area contributed by atoms with E-state index < -0.39 is 22.0 Å². The van der Waals surface area contributed by atoms with Gasteiger partial charge in [0.15, 0.2) is 0 Å². The predicted octanol–water partition coefficient (Wildman–Crippen LogP) is 0.256. The molecule has 2 heterocycles. The number of rotatable bonds is 2. The van der Waals surface area contributed by atoms with Crippen LogP contribution in [0.5, 0.6) is 0 Å². The third kappa shape index (κ3) is 2.48. The van der Waals surface area contributed by atoms with Crippen molar-refractivity contribution in [3.63, 3.8) is 0 Å². The summed E-state index contributed by atoms with van der Waals surface area (Å²) in [6.07, 6.45) is 0.117. The number of ether oxygens (including phenoxy) is 1. The average molecular weight is 324 g/mol. The molecule has 1 atom stereocenters. The summed E-state index contributed by atoms with van der Waals surface area (Å²) < 4.78 is 31.8. The van der Waals surface area contributed by atoms with E-state index in [9.17, 15) is 18.0 Å². The summed E-state index contributed by atoms with van der Waals surface area (Å²) in [7, 11) is -3.77. The van der Waals surface area contributed by atoms with Gasteiger partial charge in [-0.15, -0.1) is 0 Å². The van der Waals surface area contributed by atoms with Crippen molar-refractivity contribution in [2.45, 2.75) is 30.9 Å². The van der Waals surface area contributed by atoms with Crippen LogP contribution in [0.2, 0.25) is 0 Å². The molecule has 0 saturated carbocycles. The van der Waals surface area contributed by atoms with Crippen molar-refractivity contribution in [1.82, 2.24) is 9.62 Å². The van der Waals surface area contributed by atoms with Crippen molar-refractivity contribution in [2.24, 2.45) is 0 Å². The van der Waals surface area contributed by atoms with Crippen LogP contribution in [0.3, 0.4) is 0 Å². The number of carbonyl (C=O) groups excluding carboxylic acids is 2. The van der Waals surface area contributed by atoms with Crippen molar-refractivity contribution in [2.75, 3.05) is 13.1 Å². The molecule has 8 heteroatoms. The number of hydrogen-bond acceptors (Lipinski definition) is 5. The number of sulfonamides is 1. The molecule has 0 aliphatic carbocycles. The van der Waals surface area contributed by atoms with Crippen LogP contribution >= 0.6 is 0 Å². The van der Waals surface area contributed by atoms with Gasteiger partial charge in [0.05, 0.1) is 10.5 Å². The molecule has 118 valence electrons. The quantitative estimate of drug-likeness (QED) is 0.788. The molecule has 7 nitrogen and oxygen atoms in total. The van der Waals surface area contributed by atoms with Crippen molar-refractivity contribution in [3.8, 4) is 0 Å². The lowest BCUT2D eigenvalue weighted by molar-refractivity contribution is -0.121. The van der Waals surface area contributed by atoms with Crippen LogP contribution < -0.4 is 5.32 Å². The summed E-state index contributed by atoms with van der Waals surface area (Å²) in [5, 5.41) is 2.66. The normalized spacial score (nSPS) is 22.7. The highest BCUT2D eigenvalue weighted by Crippen LogP contribution is 2.26. The fourth-order valence-corrected chi connectivity index (χ4v) is 4.37. The number of nitrogens with one attached hydrogen (secondary N) is 1. The van der Waals surface area contributed by atoms with Crippen LogP contribution in [0.1, 0.15) is 29.3 Å². The topological polar surface area (TPSA) is 92.8 Å². The molecule has 2 aliphatic heterocycles. The second-order valence-electron chi connectivity index (χ2n) is 5.41. The van der Waals surface area contributed by atoms with Gasteiger partial charge in [-0.05, 0) is 19.1 Å². The summed E-state index contributed by atoms with van der Waals surface area (Å²) >= 11 is 0. The zero-order chi connectivity index (χ0) is 15.9. The Morgan fingerprint density at radius 3 is 2.86 bits per heavy atom. The van der Waals surface area contributed by atoms with Crippen LogP contribution in [0.15, 0.2) is 23.1 Å². The number of fused-ring (bicyclic) bond motifs is 1. The summed E-state index contributed by atoms with van der Waals surface area (Å²) in [6.45, 7) is 2.35. The molecule has 0 aromatic heterocycles. The van der Waals surface area contributed by atoms with Crippen LogP contribution in [0.4, 0.5) is 0 Å². The van der Waals surface area contributed by atoms with E-state index in [1.807, 2.05) is 0 Å². The predicted molar refractivity (Wildman–Crippen MR) is 76.5 cm³/mol. The minimum Gasteiger partial charge on any atom is -0.457 e. The van der Waals surface area contributed by atoms with E-state index in [1.54, 1.807) is 13.0 Å². The van der Waals surface area contributed by atoms with Gasteiger partial charge in [-0.1, -0.05) is 6.07 Å². The van der Waals surface area contributed by atoms with Crippen molar-refractivity contribution in [3.05, 3.63) is 29.3 Å². The maximum atomic E-state index is 12.8. The Labute approximate surface area is 128 Å². The maximum absolute atomic E-state index is 12.8. The van der Waals surface area contributed by atoms with E-state index in [2.05, 4.69) is 5.32 Å². The Balaban J connectivity index is 1.97. The minimum atomic E-state index is -3.77. The summed E-state index contributed by atoms with van der Waals surface area (Å²) in [6, 6.07) is 3.99. The second kappa shape index (κ2) is 5.36. The Hall–Kier alpha value is -1.93. The van der Waals surface area contributed by atoms with E-state index in [4.69, 9.17) is 4.74 Å². The van der Waals surface area contributed by atoms with Gasteiger partial charge in [0.1, 0.15) is 6.61 Å². The second-order valence-corrected chi connectivity index (χ2v) is 7.30. The van der Waals surface area contributed by atoms with Crippen molar-refractivity contribution < 1.29 is 22.7 Å². The first-order chi connectivity index (χ1) is 10.4. The van der Waals surface area contributed by atoms with E-state index in [0.717, 1.165) is 0 Å². The number of cyclic esters (lactones) is 1. The van der Waals surface area contributed by atoms with Crippen molar-refractivity contribution >= 4 is 21.9 Å². The molecule has 2 aliphatic rings. The van der Waals surface area contributed by atoms with Crippen LogP contribution in [-0.2, 0) is 26.2 Å². The number of hydrogen-bond donors (Lipinski definition) is 1. The molecule has 1 saturated heterocycles. The Kier molecular flexibility index (Phi) is 3.65. The molecular formula is C14H16N2O5S. The van der Waals surface area contributed by atoms with E-state index in [0.29, 0.717) is 5.56 Å². The van der Waals surface area contributed by atoms with Gasteiger partial charge in [-0.2, -0.15) is 4.31 Å². The number of benzene rings is 1. The Morgan fingerprint density at radius 1 is 1.32 bits per heavy atom. The lowest BCUT2D eigenvalue weighted by atomic mass is 10.1. The molecule has 1 amide bonds. The molecule has 22 heavy (non-hydrogen) atoms. The molecule has 3 rings (SSSR count). The average Bonchev–Trinajstić information content (AvgIpc) is 2.74. The van der Waals surface area contributed by atoms with E-state index >= 15 is 0 Å². The van der Waals surface area contributed by atoms with Gasteiger partial charge < -0.3 is 10.1 Å². The first kappa shape index (κ1) is 15.0. The minimum absolute atomic E-state index is 0.0475. The molecule has 1 aromatic rings. The molecule has 0 spiro atoms. The first-order valence-corrected chi connectivity index (χ1v) is 8.42. The molecule has 1 aromatic carbocycles. The molecular weight excluding hydrogens is 308 g/mol. The highest BCUT2D eigenvalue weighted by atomic mass is 32.2. The zero-order valence-corrected chi connectivity index (χ0v) is 12.9. The van der Waals surface area contributed by atoms with Crippen molar-refractivity contribution in [1.29, 1.82) is 0 Å². The number of carbonyl (C=O) groups is 2. The first-order valence-electron chi connectivity index (χ1n) is 6.98. The summed E-state index contributed by atoms with van der Waals surface area (Å²) in [5.74, 6) is -0.671. The fourth-order valence-electron chi connectivity index (χ4n) is 2.71. The third-order valence-corrected chi connectivity index (χ3v) is 5.90. The van der Waals surface area contributed by atoms with Crippen LogP contribution in [-0.4, -0.2) is 43.7 Å². The van der Waals surface area contributed by atoms with Gasteiger partial charge >= 0.3 is 5.97 Å². The molecule has 1 N–H and O–H groups in total. The molecule has 1 unspecified atom stereocenters. The highest BCUT2D eigenvalue weighted by molar-refractivity contribution is 7.89. The largest absolute Gasteiger partial charge is 0.457 e. The highest BCUT2D eigenvalue weighted by Gasteiger charge is 2.33. The maximum Gasteiger partial charge on any atom is 0.338 e.